The number of hydrogen-bond donors (Lipinski definition) is 1. The summed E-state index contributed by atoms with van der Waals surface area (Å²) in [5, 5.41) is 7.14. The molecule has 1 aliphatic rings. The maximum absolute atomic E-state index is 4.44. The van der Waals surface area contributed by atoms with Crippen LogP contribution in [0.15, 0.2) is 24.7 Å². The van der Waals surface area contributed by atoms with Gasteiger partial charge in [-0.3, -0.25) is 20.0 Å². The molecule has 1 N–H and O–H groups in total. The van der Waals surface area contributed by atoms with Crippen LogP contribution in [0, 0.1) is 6.92 Å². The van der Waals surface area contributed by atoms with Gasteiger partial charge in [0.25, 0.3) is 0 Å². The van der Waals surface area contributed by atoms with Crippen molar-refractivity contribution in [3.05, 3.63) is 41.7 Å². The van der Waals surface area contributed by atoms with Gasteiger partial charge in [-0.1, -0.05) is 0 Å². The topological polar surface area (TPSA) is 57.7 Å². The summed E-state index contributed by atoms with van der Waals surface area (Å²) in [4.78, 5) is 11.2. The Morgan fingerprint density at radius 2 is 2.32 bits per heavy atom. The molecule has 0 spiro atoms. The maximum Gasteiger partial charge on any atom is 0.0727 e. The van der Waals surface area contributed by atoms with Gasteiger partial charge in [-0.15, -0.1) is 0 Å². The van der Waals surface area contributed by atoms with Gasteiger partial charge in [0.2, 0.25) is 0 Å². The monoisotopic (exact) mass is 257 g/mol. The van der Waals surface area contributed by atoms with Crippen molar-refractivity contribution in [2.24, 2.45) is 0 Å². The van der Waals surface area contributed by atoms with Gasteiger partial charge in [0, 0.05) is 43.3 Å². The predicted octanol–water partition coefficient (Wildman–Crippen LogP) is 1.89. The van der Waals surface area contributed by atoms with Gasteiger partial charge >= 0.3 is 0 Å². The van der Waals surface area contributed by atoms with E-state index in [-0.39, 0.29) is 0 Å². The summed E-state index contributed by atoms with van der Waals surface area (Å²) < 4.78 is 0. The minimum absolute atomic E-state index is 0.564. The average Bonchev–Trinajstić information content (AvgIpc) is 2.96. The standard InChI is InChI=1S/C14H19N5/c1-11-7-16-13(8-15-11)10-19-6-2-3-12(9-19)14-4-5-17-18-14/h4-5,7-8,12H,2-3,6,9-10H2,1H3,(H,17,18)/t12-/m1/s1. The van der Waals surface area contributed by atoms with Crippen LogP contribution >= 0.6 is 0 Å². The number of aromatic nitrogens is 4. The van der Waals surface area contributed by atoms with Crippen LogP contribution in [-0.2, 0) is 6.54 Å². The molecule has 0 aromatic carbocycles. The second-order valence-corrected chi connectivity index (χ2v) is 5.24. The van der Waals surface area contributed by atoms with Gasteiger partial charge in [0.15, 0.2) is 0 Å². The van der Waals surface area contributed by atoms with Gasteiger partial charge in [-0.2, -0.15) is 5.10 Å². The Bertz CT molecular complexity index is 505. The first-order valence-electron chi connectivity index (χ1n) is 6.80. The van der Waals surface area contributed by atoms with Crippen LogP contribution in [0.1, 0.15) is 35.8 Å². The third-order valence-electron chi connectivity index (χ3n) is 3.69. The summed E-state index contributed by atoms with van der Waals surface area (Å²) in [7, 11) is 0. The largest absolute Gasteiger partial charge is 0.297 e. The number of piperidine rings is 1. The number of likely N-dealkylation sites (tertiary alicyclic amines) is 1. The van der Waals surface area contributed by atoms with E-state index in [4.69, 9.17) is 0 Å². The average molecular weight is 257 g/mol. The number of nitrogens with one attached hydrogen (secondary N) is 1. The molecule has 3 heterocycles. The van der Waals surface area contributed by atoms with E-state index in [0.29, 0.717) is 5.92 Å². The van der Waals surface area contributed by atoms with Gasteiger partial charge in [-0.05, 0) is 32.4 Å². The number of rotatable bonds is 3. The molecular formula is C14H19N5. The SMILES string of the molecule is Cc1cnc(CN2CCC[C@@H](c3ccn[nH]3)C2)cn1. The van der Waals surface area contributed by atoms with Gasteiger partial charge in [0.1, 0.15) is 0 Å². The Balaban J connectivity index is 1.64. The smallest absolute Gasteiger partial charge is 0.0727 e. The van der Waals surface area contributed by atoms with Crippen LogP contribution in [0.2, 0.25) is 0 Å². The fourth-order valence-corrected chi connectivity index (χ4v) is 2.68. The molecule has 1 atom stereocenters. The molecule has 5 heteroatoms. The van der Waals surface area contributed by atoms with Gasteiger partial charge in [-0.25, -0.2) is 0 Å². The number of aryl methyl sites for hydroxylation is 1. The van der Waals surface area contributed by atoms with Crippen LogP contribution in [0.25, 0.3) is 0 Å². The summed E-state index contributed by atoms with van der Waals surface area (Å²) in [6.07, 6.45) is 8.02. The number of nitrogens with zero attached hydrogens (tertiary/aromatic N) is 4. The normalized spacial score (nSPS) is 20.6. The molecule has 5 nitrogen and oxygen atoms in total. The third-order valence-corrected chi connectivity index (χ3v) is 3.69. The lowest BCUT2D eigenvalue weighted by Gasteiger charge is -2.31. The molecule has 1 saturated heterocycles. The van der Waals surface area contributed by atoms with Crippen molar-refractivity contribution < 1.29 is 0 Å². The van der Waals surface area contributed by atoms with E-state index < -0.39 is 0 Å². The maximum atomic E-state index is 4.44. The molecule has 0 unspecified atom stereocenters. The first kappa shape index (κ1) is 12.3. The highest BCUT2D eigenvalue weighted by Gasteiger charge is 2.22. The Morgan fingerprint density at radius 1 is 1.37 bits per heavy atom. The zero-order valence-corrected chi connectivity index (χ0v) is 11.2. The molecule has 0 aliphatic carbocycles. The molecule has 1 fully saturated rings. The molecule has 0 amide bonds. The highest BCUT2D eigenvalue weighted by Crippen LogP contribution is 2.25. The summed E-state index contributed by atoms with van der Waals surface area (Å²) in [6, 6.07) is 2.08. The fraction of sp³-hybridized carbons (Fsp3) is 0.500. The fourth-order valence-electron chi connectivity index (χ4n) is 2.68. The van der Waals surface area contributed by atoms with E-state index in [1.807, 2.05) is 25.5 Å². The number of H-pyrrole nitrogens is 1. The number of hydrogen-bond acceptors (Lipinski definition) is 4. The van der Waals surface area contributed by atoms with Crippen LogP contribution in [0.3, 0.4) is 0 Å². The van der Waals surface area contributed by atoms with E-state index in [1.54, 1.807) is 0 Å². The Labute approximate surface area is 113 Å². The lowest BCUT2D eigenvalue weighted by atomic mass is 9.95. The van der Waals surface area contributed by atoms with Crippen molar-refractivity contribution in [2.75, 3.05) is 13.1 Å². The Morgan fingerprint density at radius 3 is 3.05 bits per heavy atom. The van der Waals surface area contributed by atoms with Crippen molar-refractivity contribution in [1.29, 1.82) is 0 Å². The highest BCUT2D eigenvalue weighted by atomic mass is 15.2. The molecule has 2 aromatic heterocycles. The van der Waals surface area contributed by atoms with Crippen molar-refractivity contribution in [3.8, 4) is 0 Å². The van der Waals surface area contributed by atoms with E-state index in [2.05, 4.69) is 31.1 Å². The first-order valence-corrected chi connectivity index (χ1v) is 6.80. The molecule has 19 heavy (non-hydrogen) atoms. The second-order valence-electron chi connectivity index (χ2n) is 5.24. The molecule has 3 rings (SSSR count). The van der Waals surface area contributed by atoms with Crippen LogP contribution in [0.5, 0.6) is 0 Å². The van der Waals surface area contributed by atoms with E-state index in [0.717, 1.165) is 31.0 Å². The molecular weight excluding hydrogens is 238 g/mol. The minimum Gasteiger partial charge on any atom is -0.297 e. The van der Waals surface area contributed by atoms with E-state index in [1.165, 1.54) is 18.5 Å². The summed E-state index contributed by atoms with van der Waals surface area (Å²) >= 11 is 0. The predicted molar refractivity (Wildman–Crippen MR) is 72.6 cm³/mol. The first-order chi connectivity index (χ1) is 9.31. The Kier molecular flexibility index (Phi) is 3.55. The number of aromatic amines is 1. The van der Waals surface area contributed by atoms with Crippen molar-refractivity contribution in [1.82, 2.24) is 25.1 Å². The molecule has 2 aromatic rings. The zero-order chi connectivity index (χ0) is 13.1. The summed E-state index contributed by atoms with van der Waals surface area (Å²) in [5.41, 5.74) is 3.27. The summed E-state index contributed by atoms with van der Waals surface area (Å²) in [5.74, 6) is 0.564. The molecule has 0 radical (unpaired) electrons. The third kappa shape index (κ3) is 2.98. The lowest BCUT2D eigenvalue weighted by molar-refractivity contribution is 0.196. The molecule has 0 bridgehead atoms. The van der Waals surface area contributed by atoms with Gasteiger partial charge in [0.05, 0.1) is 11.4 Å². The molecule has 100 valence electrons. The summed E-state index contributed by atoms with van der Waals surface area (Å²) in [6.45, 7) is 5.06. The Hall–Kier alpha value is -1.75. The lowest BCUT2D eigenvalue weighted by Crippen LogP contribution is -2.34. The van der Waals surface area contributed by atoms with Crippen LogP contribution in [-0.4, -0.2) is 38.2 Å². The quantitative estimate of drug-likeness (QED) is 0.912. The van der Waals surface area contributed by atoms with Gasteiger partial charge < -0.3 is 0 Å². The molecule has 1 aliphatic heterocycles. The minimum atomic E-state index is 0.564. The molecule has 0 saturated carbocycles. The van der Waals surface area contributed by atoms with Crippen molar-refractivity contribution in [3.63, 3.8) is 0 Å². The van der Waals surface area contributed by atoms with Crippen LogP contribution in [0.4, 0.5) is 0 Å². The second kappa shape index (κ2) is 5.48. The van der Waals surface area contributed by atoms with E-state index >= 15 is 0 Å². The van der Waals surface area contributed by atoms with Crippen molar-refractivity contribution >= 4 is 0 Å². The van der Waals surface area contributed by atoms with Crippen molar-refractivity contribution in [2.45, 2.75) is 32.2 Å². The van der Waals surface area contributed by atoms with E-state index in [9.17, 15) is 0 Å². The zero-order valence-electron chi connectivity index (χ0n) is 11.2. The van der Waals surface area contributed by atoms with Crippen LogP contribution < -0.4 is 0 Å². The highest BCUT2D eigenvalue weighted by molar-refractivity contribution is 5.08.